The molecule has 0 saturated heterocycles. The Balaban J connectivity index is 2.30. The second-order valence-corrected chi connectivity index (χ2v) is 8.03. The van der Waals surface area contributed by atoms with Gasteiger partial charge >= 0.3 is 0 Å². The lowest BCUT2D eigenvalue weighted by molar-refractivity contribution is -0.117. The third-order valence-corrected chi connectivity index (χ3v) is 4.70. The van der Waals surface area contributed by atoms with E-state index in [1.54, 1.807) is 0 Å². The summed E-state index contributed by atoms with van der Waals surface area (Å²) in [6, 6.07) is 5.38. The third kappa shape index (κ3) is 3.77. The van der Waals surface area contributed by atoms with Gasteiger partial charge in [-0.25, -0.2) is 18.1 Å². The van der Waals surface area contributed by atoms with Crippen molar-refractivity contribution in [2.45, 2.75) is 24.3 Å². The van der Waals surface area contributed by atoms with Crippen molar-refractivity contribution in [3.63, 3.8) is 0 Å². The summed E-state index contributed by atoms with van der Waals surface area (Å²) in [7, 11) is -3.73. The van der Waals surface area contributed by atoms with Crippen molar-refractivity contribution < 1.29 is 22.0 Å². The van der Waals surface area contributed by atoms with Crippen molar-refractivity contribution in [1.82, 2.24) is 19.7 Å². The number of alkyl halides is 2. The number of amides is 1. The standard InChI is InChI=1S/C16H15F2N5O3S/c1-16(17,18)12-4-3-5-14(21-12)23-11-6-9(7-13(19)24)20-8-10(11)15(22-23)27(2,25)26/h3-6,8H,7H2,1-2H3,(H2,19,24). The van der Waals surface area contributed by atoms with E-state index in [0.29, 0.717) is 6.92 Å². The van der Waals surface area contributed by atoms with Crippen molar-refractivity contribution in [2.24, 2.45) is 5.73 Å². The van der Waals surface area contributed by atoms with Crippen LogP contribution >= 0.6 is 0 Å². The van der Waals surface area contributed by atoms with Crippen LogP contribution in [0.15, 0.2) is 35.5 Å². The molecule has 0 aliphatic heterocycles. The van der Waals surface area contributed by atoms with Crippen molar-refractivity contribution >= 4 is 26.6 Å². The molecule has 0 unspecified atom stereocenters. The molecule has 0 saturated carbocycles. The lowest BCUT2D eigenvalue weighted by atomic mass is 10.2. The zero-order valence-electron chi connectivity index (χ0n) is 14.3. The topological polar surface area (TPSA) is 121 Å². The molecule has 0 bridgehead atoms. The second-order valence-electron chi connectivity index (χ2n) is 6.09. The number of hydrogen-bond acceptors (Lipinski definition) is 6. The van der Waals surface area contributed by atoms with Crippen LogP contribution in [0.1, 0.15) is 18.3 Å². The maximum absolute atomic E-state index is 13.6. The fraction of sp³-hybridized carbons (Fsp3) is 0.250. The fourth-order valence-electron chi connectivity index (χ4n) is 2.53. The number of halogens is 2. The molecule has 3 heterocycles. The van der Waals surface area contributed by atoms with Crippen LogP contribution in [0.3, 0.4) is 0 Å². The lowest BCUT2D eigenvalue weighted by Gasteiger charge is -2.11. The van der Waals surface area contributed by atoms with Gasteiger partial charge in [-0.3, -0.25) is 9.78 Å². The van der Waals surface area contributed by atoms with Gasteiger partial charge in [-0.05, 0) is 18.2 Å². The Morgan fingerprint density at radius 3 is 2.63 bits per heavy atom. The van der Waals surface area contributed by atoms with Crippen LogP contribution in [-0.2, 0) is 27.0 Å². The van der Waals surface area contributed by atoms with Gasteiger partial charge in [0.15, 0.2) is 20.7 Å². The van der Waals surface area contributed by atoms with E-state index in [-0.39, 0.29) is 33.9 Å². The van der Waals surface area contributed by atoms with Gasteiger partial charge in [-0.15, -0.1) is 0 Å². The molecular formula is C16H15F2N5O3S. The van der Waals surface area contributed by atoms with Crippen molar-refractivity contribution in [3.8, 4) is 5.82 Å². The van der Waals surface area contributed by atoms with Crippen LogP contribution in [0, 0.1) is 0 Å². The maximum atomic E-state index is 13.6. The lowest BCUT2D eigenvalue weighted by Crippen LogP contribution is -2.14. The van der Waals surface area contributed by atoms with Gasteiger partial charge in [0.1, 0.15) is 5.69 Å². The van der Waals surface area contributed by atoms with Gasteiger partial charge in [-0.2, -0.15) is 13.9 Å². The zero-order chi connectivity index (χ0) is 20.0. The highest BCUT2D eigenvalue weighted by Gasteiger charge is 2.27. The predicted molar refractivity (Wildman–Crippen MR) is 92.2 cm³/mol. The molecule has 2 N–H and O–H groups in total. The van der Waals surface area contributed by atoms with E-state index >= 15 is 0 Å². The Kier molecular flexibility index (Phi) is 4.42. The molecule has 142 valence electrons. The van der Waals surface area contributed by atoms with Crippen LogP contribution < -0.4 is 5.73 Å². The average Bonchev–Trinajstić information content (AvgIpc) is 2.92. The average molecular weight is 395 g/mol. The van der Waals surface area contributed by atoms with Gasteiger partial charge in [0, 0.05) is 19.4 Å². The van der Waals surface area contributed by atoms with Crippen LogP contribution in [-0.4, -0.2) is 40.3 Å². The van der Waals surface area contributed by atoms with E-state index < -0.39 is 27.4 Å². The highest BCUT2D eigenvalue weighted by Crippen LogP contribution is 2.28. The number of hydrogen-bond donors (Lipinski definition) is 1. The molecule has 0 aliphatic carbocycles. The maximum Gasteiger partial charge on any atom is 0.287 e. The number of pyridine rings is 2. The Labute approximate surface area is 152 Å². The summed E-state index contributed by atoms with van der Waals surface area (Å²) in [4.78, 5) is 19.1. The first kappa shape index (κ1) is 18.8. The number of nitrogens with zero attached hydrogens (tertiary/aromatic N) is 4. The van der Waals surface area contributed by atoms with Gasteiger partial charge in [0.05, 0.1) is 23.0 Å². The highest BCUT2D eigenvalue weighted by molar-refractivity contribution is 7.90. The quantitative estimate of drug-likeness (QED) is 0.696. The summed E-state index contributed by atoms with van der Waals surface area (Å²) in [5.41, 5.74) is 5.22. The molecular weight excluding hydrogens is 380 g/mol. The summed E-state index contributed by atoms with van der Waals surface area (Å²) in [6.07, 6.45) is 2.06. The summed E-state index contributed by atoms with van der Waals surface area (Å²) < 4.78 is 52.5. The van der Waals surface area contributed by atoms with Crippen LogP contribution in [0.5, 0.6) is 0 Å². The molecule has 0 aromatic carbocycles. The SMILES string of the molecule is CC(F)(F)c1cccc(-n2nc(S(C)(=O)=O)c3cnc(CC(N)=O)cc32)n1. The van der Waals surface area contributed by atoms with E-state index in [9.17, 15) is 22.0 Å². The minimum Gasteiger partial charge on any atom is -0.369 e. The zero-order valence-corrected chi connectivity index (χ0v) is 15.2. The number of primary amides is 1. The van der Waals surface area contributed by atoms with E-state index in [2.05, 4.69) is 15.1 Å². The number of carbonyl (C=O) groups excluding carboxylic acids is 1. The number of nitrogens with two attached hydrogens (primary N) is 1. The first-order valence-corrected chi connectivity index (χ1v) is 9.57. The summed E-state index contributed by atoms with van der Waals surface area (Å²) in [6.45, 7) is 0.705. The second kappa shape index (κ2) is 6.34. The predicted octanol–water partition coefficient (Wildman–Crippen LogP) is 1.36. The Hall–Kier alpha value is -2.95. The molecule has 3 aromatic heterocycles. The first-order chi connectivity index (χ1) is 12.5. The van der Waals surface area contributed by atoms with Gasteiger partial charge in [-0.1, -0.05) is 6.07 Å². The molecule has 0 radical (unpaired) electrons. The normalized spacial score (nSPS) is 12.4. The molecule has 8 nitrogen and oxygen atoms in total. The molecule has 0 spiro atoms. The minimum atomic E-state index is -3.73. The number of carbonyl (C=O) groups is 1. The fourth-order valence-corrected chi connectivity index (χ4v) is 3.32. The smallest absolute Gasteiger partial charge is 0.287 e. The largest absolute Gasteiger partial charge is 0.369 e. The van der Waals surface area contributed by atoms with E-state index in [1.807, 2.05) is 0 Å². The molecule has 0 atom stereocenters. The third-order valence-electron chi connectivity index (χ3n) is 3.70. The van der Waals surface area contributed by atoms with Crippen LogP contribution in [0.25, 0.3) is 16.7 Å². The molecule has 3 aromatic rings. The molecule has 1 amide bonds. The van der Waals surface area contributed by atoms with Gasteiger partial charge in [0.2, 0.25) is 5.91 Å². The molecule has 0 fully saturated rings. The monoisotopic (exact) mass is 395 g/mol. The number of rotatable bonds is 5. The molecule has 11 heteroatoms. The van der Waals surface area contributed by atoms with E-state index in [1.165, 1.54) is 24.4 Å². The number of sulfone groups is 1. The summed E-state index contributed by atoms with van der Waals surface area (Å²) in [5, 5.41) is 3.95. The van der Waals surface area contributed by atoms with Crippen molar-refractivity contribution in [3.05, 3.63) is 41.9 Å². The molecule has 3 rings (SSSR count). The Morgan fingerprint density at radius 2 is 2.04 bits per heavy atom. The highest BCUT2D eigenvalue weighted by atomic mass is 32.2. The van der Waals surface area contributed by atoms with E-state index in [4.69, 9.17) is 5.73 Å². The Morgan fingerprint density at radius 1 is 1.33 bits per heavy atom. The van der Waals surface area contributed by atoms with Gasteiger partial charge < -0.3 is 5.73 Å². The molecule has 27 heavy (non-hydrogen) atoms. The van der Waals surface area contributed by atoms with Crippen LogP contribution in [0.4, 0.5) is 8.78 Å². The minimum absolute atomic E-state index is 0.00477. The number of fused-ring (bicyclic) bond motifs is 1. The van der Waals surface area contributed by atoms with E-state index in [0.717, 1.165) is 17.0 Å². The summed E-state index contributed by atoms with van der Waals surface area (Å²) >= 11 is 0. The van der Waals surface area contributed by atoms with Crippen LogP contribution in [0.2, 0.25) is 0 Å². The first-order valence-electron chi connectivity index (χ1n) is 7.68. The molecule has 0 aliphatic rings. The summed E-state index contributed by atoms with van der Waals surface area (Å²) in [5.74, 6) is -3.80. The number of aromatic nitrogens is 4. The Bertz CT molecular complexity index is 1150. The van der Waals surface area contributed by atoms with Gasteiger partial charge in [0.25, 0.3) is 5.92 Å². The van der Waals surface area contributed by atoms with Crippen molar-refractivity contribution in [2.75, 3.05) is 6.26 Å². The van der Waals surface area contributed by atoms with Crippen molar-refractivity contribution in [1.29, 1.82) is 0 Å².